The SMILES string of the molecule is COc1ccc(NC(=O)/C(C#N)=C/c2cc(Cl)ccc2OCc2cccc(F)c2)cc1. The summed E-state index contributed by atoms with van der Waals surface area (Å²) < 4.78 is 24.2. The molecule has 1 amide bonds. The third kappa shape index (κ3) is 6.08. The lowest BCUT2D eigenvalue weighted by molar-refractivity contribution is -0.112. The number of hydrogen-bond donors (Lipinski definition) is 1. The van der Waals surface area contributed by atoms with Crippen molar-refractivity contribution in [3.63, 3.8) is 0 Å². The summed E-state index contributed by atoms with van der Waals surface area (Å²) in [7, 11) is 1.54. The largest absolute Gasteiger partial charge is 0.497 e. The zero-order valence-corrected chi connectivity index (χ0v) is 17.3. The zero-order valence-electron chi connectivity index (χ0n) is 16.6. The molecule has 0 aliphatic heterocycles. The second-order valence-electron chi connectivity index (χ2n) is 6.45. The Kier molecular flexibility index (Phi) is 7.26. The highest BCUT2D eigenvalue weighted by atomic mass is 35.5. The number of carbonyl (C=O) groups excluding carboxylic acids is 1. The first kappa shape index (κ1) is 21.9. The Morgan fingerprint density at radius 2 is 1.94 bits per heavy atom. The third-order valence-corrected chi connectivity index (χ3v) is 4.50. The fourth-order valence-corrected chi connectivity index (χ4v) is 2.91. The summed E-state index contributed by atoms with van der Waals surface area (Å²) in [5.41, 5.74) is 1.47. The van der Waals surface area contributed by atoms with Crippen LogP contribution in [0, 0.1) is 17.1 Å². The summed E-state index contributed by atoms with van der Waals surface area (Å²) in [6.45, 7) is 0.111. The maximum Gasteiger partial charge on any atom is 0.266 e. The molecule has 0 aliphatic rings. The van der Waals surface area contributed by atoms with Gasteiger partial charge in [-0.15, -0.1) is 0 Å². The molecule has 0 fully saturated rings. The van der Waals surface area contributed by atoms with Crippen LogP contribution in [0.1, 0.15) is 11.1 Å². The number of amides is 1. The van der Waals surface area contributed by atoms with Gasteiger partial charge in [0.1, 0.15) is 35.6 Å². The first-order valence-corrected chi connectivity index (χ1v) is 9.60. The number of methoxy groups -OCH3 is 1. The van der Waals surface area contributed by atoms with Crippen LogP contribution in [0.15, 0.2) is 72.3 Å². The van der Waals surface area contributed by atoms with Crippen molar-refractivity contribution in [2.45, 2.75) is 6.61 Å². The van der Waals surface area contributed by atoms with Gasteiger partial charge in [0.2, 0.25) is 0 Å². The first-order chi connectivity index (χ1) is 15.0. The van der Waals surface area contributed by atoms with Gasteiger partial charge in [-0.3, -0.25) is 4.79 Å². The summed E-state index contributed by atoms with van der Waals surface area (Å²) in [6.07, 6.45) is 1.39. The van der Waals surface area contributed by atoms with Crippen LogP contribution >= 0.6 is 11.6 Å². The lowest BCUT2D eigenvalue weighted by atomic mass is 10.1. The Balaban J connectivity index is 1.81. The minimum absolute atomic E-state index is 0.111. The molecule has 3 rings (SSSR count). The van der Waals surface area contributed by atoms with Crippen LogP contribution in [-0.4, -0.2) is 13.0 Å². The molecule has 0 heterocycles. The fraction of sp³-hybridized carbons (Fsp3) is 0.0833. The number of anilines is 1. The monoisotopic (exact) mass is 436 g/mol. The van der Waals surface area contributed by atoms with Gasteiger partial charge in [0.25, 0.3) is 5.91 Å². The molecule has 0 radical (unpaired) electrons. The number of nitriles is 1. The van der Waals surface area contributed by atoms with Gasteiger partial charge < -0.3 is 14.8 Å². The maximum atomic E-state index is 13.4. The van der Waals surface area contributed by atoms with E-state index in [2.05, 4.69) is 5.32 Å². The molecule has 0 spiro atoms. The molecule has 31 heavy (non-hydrogen) atoms. The lowest BCUT2D eigenvalue weighted by Gasteiger charge is -2.11. The Bertz CT molecular complexity index is 1150. The van der Waals surface area contributed by atoms with Crippen molar-refractivity contribution in [3.8, 4) is 17.6 Å². The van der Waals surface area contributed by atoms with Crippen LogP contribution in [0.5, 0.6) is 11.5 Å². The fourth-order valence-electron chi connectivity index (χ4n) is 2.73. The Morgan fingerprint density at radius 1 is 1.16 bits per heavy atom. The van der Waals surface area contributed by atoms with E-state index in [1.165, 1.54) is 18.2 Å². The van der Waals surface area contributed by atoms with E-state index >= 15 is 0 Å². The number of carbonyl (C=O) groups is 1. The second-order valence-corrected chi connectivity index (χ2v) is 6.89. The van der Waals surface area contributed by atoms with Crippen molar-refractivity contribution in [1.82, 2.24) is 0 Å². The number of ether oxygens (including phenoxy) is 2. The minimum atomic E-state index is -0.580. The summed E-state index contributed by atoms with van der Waals surface area (Å²) in [6, 6.07) is 19.5. The molecule has 7 heteroatoms. The molecule has 0 saturated carbocycles. The average molecular weight is 437 g/mol. The van der Waals surface area contributed by atoms with Crippen LogP contribution in [0.3, 0.4) is 0 Å². The van der Waals surface area contributed by atoms with Crippen molar-refractivity contribution in [2.24, 2.45) is 0 Å². The van der Waals surface area contributed by atoms with Gasteiger partial charge in [0.05, 0.1) is 7.11 Å². The Hall–Kier alpha value is -3.82. The van der Waals surface area contributed by atoms with E-state index in [4.69, 9.17) is 21.1 Å². The van der Waals surface area contributed by atoms with Crippen LogP contribution in [0.25, 0.3) is 6.08 Å². The van der Waals surface area contributed by atoms with Crippen LogP contribution in [0.2, 0.25) is 5.02 Å². The van der Waals surface area contributed by atoms with E-state index in [9.17, 15) is 14.4 Å². The average Bonchev–Trinajstić information content (AvgIpc) is 2.77. The molecular weight excluding hydrogens is 419 g/mol. The number of halogens is 2. The van der Waals surface area contributed by atoms with Crippen molar-refractivity contribution in [2.75, 3.05) is 12.4 Å². The lowest BCUT2D eigenvalue weighted by Crippen LogP contribution is -2.13. The van der Waals surface area contributed by atoms with E-state index in [-0.39, 0.29) is 18.0 Å². The predicted molar refractivity (Wildman–Crippen MR) is 117 cm³/mol. The molecule has 0 unspecified atom stereocenters. The Morgan fingerprint density at radius 3 is 2.61 bits per heavy atom. The van der Waals surface area contributed by atoms with Gasteiger partial charge in [0, 0.05) is 16.3 Å². The summed E-state index contributed by atoms with van der Waals surface area (Å²) >= 11 is 6.09. The highest BCUT2D eigenvalue weighted by Crippen LogP contribution is 2.27. The van der Waals surface area contributed by atoms with Gasteiger partial charge in [-0.25, -0.2) is 4.39 Å². The van der Waals surface area contributed by atoms with E-state index in [1.807, 2.05) is 6.07 Å². The van der Waals surface area contributed by atoms with Crippen molar-refractivity contribution >= 4 is 29.3 Å². The van der Waals surface area contributed by atoms with E-state index < -0.39 is 5.91 Å². The molecule has 0 saturated heterocycles. The number of nitrogens with zero attached hydrogens (tertiary/aromatic N) is 1. The third-order valence-electron chi connectivity index (χ3n) is 4.27. The van der Waals surface area contributed by atoms with Crippen molar-refractivity contribution in [1.29, 1.82) is 5.26 Å². The molecular formula is C24H18ClFN2O3. The number of benzene rings is 3. The van der Waals surface area contributed by atoms with Crippen LogP contribution < -0.4 is 14.8 Å². The first-order valence-electron chi connectivity index (χ1n) is 9.22. The summed E-state index contributed by atoms with van der Waals surface area (Å²) in [4.78, 5) is 12.6. The molecule has 0 atom stereocenters. The number of rotatable bonds is 7. The minimum Gasteiger partial charge on any atom is -0.497 e. The van der Waals surface area contributed by atoms with Crippen LogP contribution in [0.4, 0.5) is 10.1 Å². The number of hydrogen-bond acceptors (Lipinski definition) is 4. The molecule has 0 aromatic heterocycles. The van der Waals surface area contributed by atoms with Gasteiger partial charge in [-0.1, -0.05) is 23.7 Å². The maximum absolute atomic E-state index is 13.4. The normalized spacial score (nSPS) is 10.8. The summed E-state index contributed by atoms with van der Waals surface area (Å²) in [5.74, 6) is 0.106. The van der Waals surface area contributed by atoms with Crippen molar-refractivity contribution in [3.05, 3.63) is 94.3 Å². The van der Waals surface area contributed by atoms with E-state index in [1.54, 1.807) is 61.7 Å². The summed E-state index contributed by atoms with van der Waals surface area (Å²) in [5, 5.41) is 12.6. The molecule has 0 bridgehead atoms. The van der Waals surface area contributed by atoms with Gasteiger partial charge in [0.15, 0.2) is 0 Å². The molecule has 3 aromatic carbocycles. The van der Waals surface area contributed by atoms with Gasteiger partial charge in [-0.05, 0) is 66.2 Å². The highest BCUT2D eigenvalue weighted by Gasteiger charge is 2.12. The second kappa shape index (κ2) is 10.3. The zero-order chi connectivity index (χ0) is 22.2. The van der Waals surface area contributed by atoms with Crippen LogP contribution in [-0.2, 0) is 11.4 Å². The molecule has 5 nitrogen and oxygen atoms in total. The van der Waals surface area contributed by atoms with E-state index in [0.29, 0.717) is 33.3 Å². The Labute approximate surface area is 184 Å². The smallest absolute Gasteiger partial charge is 0.266 e. The predicted octanol–water partition coefficient (Wildman–Crippen LogP) is 5.61. The standard InChI is InChI=1S/C24H18ClFN2O3/c1-30-22-8-6-21(7-9-22)28-24(29)18(14-27)12-17-13-19(25)5-10-23(17)31-15-16-3-2-4-20(26)11-16/h2-13H,15H2,1H3,(H,28,29)/b18-12+. The number of nitrogens with one attached hydrogen (secondary N) is 1. The topological polar surface area (TPSA) is 71.3 Å². The molecule has 1 N–H and O–H groups in total. The quantitative estimate of drug-likeness (QED) is 0.386. The van der Waals surface area contributed by atoms with Gasteiger partial charge in [-0.2, -0.15) is 5.26 Å². The van der Waals surface area contributed by atoms with E-state index in [0.717, 1.165) is 0 Å². The molecule has 156 valence electrons. The highest BCUT2D eigenvalue weighted by molar-refractivity contribution is 6.30. The molecule has 0 aliphatic carbocycles. The van der Waals surface area contributed by atoms with Crippen molar-refractivity contribution < 1.29 is 18.7 Å². The molecule has 3 aromatic rings. The van der Waals surface area contributed by atoms with Gasteiger partial charge >= 0.3 is 0 Å².